The first-order valence-electron chi connectivity index (χ1n) is 10.5. The number of benzene rings is 2. The van der Waals surface area contributed by atoms with Crippen LogP contribution in [0.15, 0.2) is 48.5 Å². The minimum absolute atomic E-state index is 0.0280. The zero-order valence-electron chi connectivity index (χ0n) is 17.5. The molecule has 0 spiro atoms. The van der Waals surface area contributed by atoms with Gasteiger partial charge in [-0.2, -0.15) is 0 Å². The molecule has 0 aromatic heterocycles. The number of piperidine rings is 1. The Morgan fingerprint density at radius 3 is 2.33 bits per heavy atom. The second-order valence-corrected chi connectivity index (χ2v) is 8.68. The van der Waals surface area contributed by atoms with E-state index in [2.05, 4.69) is 17.4 Å². The Labute approximate surface area is 183 Å². The van der Waals surface area contributed by atoms with Crippen LogP contribution in [0.4, 0.5) is 0 Å². The van der Waals surface area contributed by atoms with Crippen molar-refractivity contribution in [3.05, 3.63) is 64.7 Å². The summed E-state index contributed by atoms with van der Waals surface area (Å²) in [5.41, 5.74) is 1.80. The monoisotopic (exact) mass is 428 g/mol. The summed E-state index contributed by atoms with van der Waals surface area (Å²) in [4.78, 5) is 27.5. The molecule has 0 aliphatic carbocycles. The van der Waals surface area contributed by atoms with Crippen LogP contribution in [0.2, 0.25) is 5.02 Å². The van der Waals surface area contributed by atoms with Gasteiger partial charge in [-0.25, -0.2) is 0 Å². The van der Waals surface area contributed by atoms with Gasteiger partial charge in [-0.3, -0.25) is 9.59 Å². The lowest BCUT2D eigenvalue weighted by Crippen LogP contribution is -2.53. The quantitative estimate of drug-likeness (QED) is 0.726. The molecule has 6 heteroatoms. The average Bonchev–Trinajstić information content (AvgIpc) is 2.74. The molecular weight excluding hydrogens is 400 g/mol. The van der Waals surface area contributed by atoms with Gasteiger partial charge in [0, 0.05) is 23.7 Å². The van der Waals surface area contributed by atoms with Crippen molar-refractivity contribution in [1.29, 1.82) is 0 Å². The van der Waals surface area contributed by atoms with Gasteiger partial charge in [0.25, 0.3) is 0 Å². The maximum absolute atomic E-state index is 13.1. The van der Waals surface area contributed by atoms with Gasteiger partial charge in [0.1, 0.15) is 11.8 Å². The van der Waals surface area contributed by atoms with E-state index in [-0.39, 0.29) is 29.9 Å². The highest BCUT2D eigenvalue weighted by atomic mass is 35.5. The fraction of sp³-hybridized carbons (Fsp3) is 0.417. The lowest BCUT2D eigenvalue weighted by molar-refractivity contribution is -0.138. The molecule has 2 N–H and O–H groups in total. The predicted octanol–water partition coefficient (Wildman–Crippen LogP) is 4.14. The number of hydrogen-bond acceptors (Lipinski definition) is 3. The summed E-state index contributed by atoms with van der Waals surface area (Å²) >= 11 is 5.98. The van der Waals surface area contributed by atoms with E-state index >= 15 is 0 Å². The third-order valence-corrected chi connectivity index (χ3v) is 5.99. The largest absolute Gasteiger partial charge is 0.508 e. The number of halogens is 1. The van der Waals surface area contributed by atoms with Crippen molar-refractivity contribution in [3.63, 3.8) is 0 Å². The first-order chi connectivity index (χ1) is 14.3. The lowest BCUT2D eigenvalue weighted by atomic mass is 9.89. The van der Waals surface area contributed by atoms with Crippen LogP contribution in [-0.2, 0) is 16.0 Å². The molecule has 1 saturated heterocycles. The first kappa shape index (κ1) is 22.2. The molecule has 2 amide bonds. The average molecular weight is 429 g/mol. The van der Waals surface area contributed by atoms with Gasteiger partial charge in [0.2, 0.25) is 11.8 Å². The zero-order chi connectivity index (χ0) is 21.7. The van der Waals surface area contributed by atoms with Crippen molar-refractivity contribution in [1.82, 2.24) is 10.2 Å². The summed E-state index contributed by atoms with van der Waals surface area (Å²) in [6, 6.07) is 14.1. The summed E-state index contributed by atoms with van der Waals surface area (Å²) in [6.45, 7) is 5.21. The van der Waals surface area contributed by atoms with E-state index in [4.69, 9.17) is 11.6 Å². The molecule has 1 aliphatic heterocycles. The summed E-state index contributed by atoms with van der Waals surface area (Å²) in [6.07, 6.45) is 1.83. The van der Waals surface area contributed by atoms with Crippen LogP contribution in [0.3, 0.4) is 0 Å². The van der Waals surface area contributed by atoms with Crippen molar-refractivity contribution in [3.8, 4) is 5.75 Å². The second-order valence-electron chi connectivity index (χ2n) is 8.25. The highest BCUT2D eigenvalue weighted by molar-refractivity contribution is 6.30. The first-order valence-corrected chi connectivity index (χ1v) is 10.8. The summed E-state index contributed by atoms with van der Waals surface area (Å²) < 4.78 is 0. The second kappa shape index (κ2) is 9.98. The van der Waals surface area contributed by atoms with E-state index in [9.17, 15) is 14.7 Å². The predicted molar refractivity (Wildman–Crippen MR) is 119 cm³/mol. The van der Waals surface area contributed by atoms with Gasteiger partial charge >= 0.3 is 0 Å². The summed E-state index contributed by atoms with van der Waals surface area (Å²) in [7, 11) is 0. The van der Waals surface area contributed by atoms with Crippen LogP contribution in [0, 0.1) is 5.92 Å². The van der Waals surface area contributed by atoms with Gasteiger partial charge < -0.3 is 15.3 Å². The number of para-hydroxylation sites is 1. The minimum atomic E-state index is -0.574. The number of phenols is 1. The molecule has 5 nitrogen and oxygen atoms in total. The topological polar surface area (TPSA) is 69.6 Å². The zero-order valence-corrected chi connectivity index (χ0v) is 18.2. The van der Waals surface area contributed by atoms with Crippen molar-refractivity contribution in [2.24, 2.45) is 5.92 Å². The molecule has 0 unspecified atom stereocenters. The van der Waals surface area contributed by atoms with Crippen molar-refractivity contribution < 1.29 is 14.7 Å². The molecule has 2 aromatic rings. The SMILES string of the molecule is CC(C)[C@@H](NC(=O)Cc1ccccc1O)C(=O)N1CCC(c2ccc(Cl)cc2)CC1. The number of rotatable bonds is 6. The molecule has 2 aromatic carbocycles. The van der Waals surface area contributed by atoms with Gasteiger partial charge in [-0.15, -0.1) is 0 Å². The van der Waals surface area contributed by atoms with E-state index in [1.807, 2.05) is 30.9 Å². The Bertz CT molecular complexity index is 874. The Morgan fingerprint density at radius 1 is 1.10 bits per heavy atom. The number of nitrogens with zero attached hydrogens (tertiary/aromatic N) is 1. The van der Waals surface area contributed by atoms with Crippen LogP contribution < -0.4 is 5.32 Å². The van der Waals surface area contributed by atoms with Crippen LogP contribution in [-0.4, -0.2) is 41.0 Å². The Balaban J connectivity index is 1.58. The molecule has 0 radical (unpaired) electrons. The molecule has 1 heterocycles. The number of likely N-dealkylation sites (tertiary alicyclic amines) is 1. The highest BCUT2D eigenvalue weighted by Gasteiger charge is 2.31. The number of phenolic OH excluding ortho intramolecular Hbond substituents is 1. The maximum atomic E-state index is 13.1. The van der Waals surface area contributed by atoms with E-state index in [1.54, 1.807) is 24.3 Å². The van der Waals surface area contributed by atoms with Crippen molar-refractivity contribution in [2.45, 2.75) is 45.1 Å². The van der Waals surface area contributed by atoms with Crippen LogP contribution in [0.5, 0.6) is 5.75 Å². The number of nitrogens with one attached hydrogen (secondary N) is 1. The normalized spacial score (nSPS) is 15.8. The summed E-state index contributed by atoms with van der Waals surface area (Å²) in [5, 5.41) is 13.5. The fourth-order valence-electron chi connectivity index (χ4n) is 3.94. The molecule has 0 saturated carbocycles. The van der Waals surface area contributed by atoms with Crippen LogP contribution in [0.1, 0.15) is 43.7 Å². The van der Waals surface area contributed by atoms with Crippen molar-refractivity contribution in [2.75, 3.05) is 13.1 Å². The van der Waals surface area contributed by atoms with Gasteiger partial charge in [0.15, 0.2) is 0 Å². The Morgan fingerprint density at radius 2 is 1.73 bits per heavy atom. The van der Waals surface area contributed by atoms with Crippen LogP contribution in [0.25, 0.3) is 0 Å². The number of aromatic hydroxyl groups is 1. The van der Waals surface area contributed by atoms with Gasteiger partial charge in [0.05, 0.1) is 6.42 Å². The molecule has 1 aliphatic rings. The number of carbonyl (C=O) groups is 2. The standard InChI is InChI=1S/C24H29ClN2O3/c1-16(2)23(26-22(29)15-19-5-3-4-6-21(19)28)24(30)27-13-11-18(12-14-27)17-7-9-20(25)10-8-17/h3-10,16,18,23,28H,11-15H2,1-2H3,(H,26,29)/t23-/m1/s1. The molecule has 160 valence electrons. The maximum Gasteiger partial charge on any atom is 0.245 e. The van der Waals surface area contributed by atoms with E-state index in [1.165, 1.54) is 5.56 Å². The molecular formula is C24H29ClN2O3. The third kappa shape index (κ3) is 5.54. The number of hydrogen-bond donors (Lipinski definition) is 2. The molecule has 3 rings (SSSR count). The van der Waals surface area contributed by atoms with E-state index < -0.39 is 6.04 Å². The van der Waals surface area contributed by atoms with Gasteiger partial charge in [-0.05, 0) is 48.4 Å². The van der Waals surface area contributed by atoms with Crippen LogP contribution >= 0.6 is 11.6 Å². The summed E-state index contributed by atoms with van der Waals surface area (Å²) in [5.74, 6) is 0.174. The van der Waals surface area contributed by atoms with Gasteiger partial charge in [-0.1, -0.05) is 55.8 Å². The minimum Gasteiger partial charge on any atom is -0.508 e. The molecule has 30 heavy (non-hydrogen) atoms. The lowest BCUT2D eigenvalue weighted by Gasteiger charge is -2.35. The third-order valence-electron chi connectivity index (χ3n) is 5.74. The number of carbonyl (C=O) groups excluding carboxylic acids is 2. The molecule has 1 fully saturated rings. The Kier molecular flexibility index (Phi) is 7.38. The Hall–Kier alpha value is -2.53. The molecule has 0 bridgehead atoms. The van der Waals surface area contributed by atoms with Crippen molar-refractivity contribution >= 4 is 23.4 Å². The van der Waals surface area contributed by atoms with E-state index in [0.717, 1.165) is 17.9 Å². The smallest absolute Gasteiger partial charge is 0.245 e. The van der Waals surface area contributed by atoms with E-state index in [0.29, 0.717) is 24.6 Å². The molecule has 1 atom stereocenters. The highest BCUT2D eigenvalue weighted by Crippen LogP contribution is 2.29. The number of amides is 2. The fourth-order valence-corrected chi connectivity index (χ4v) is 4.06.